The van der Waals surface area contributed by atoms with Crippen LogP contribution in [0.3, 0.4) is 0 Å². The molecule has 88 valence electrons. The Morgan fingerprint density at radius 1 is 1.56 bits per heavy atom. The quantitative estimate of drug-likeness (QED) is 0.907. The standard InChI is InChI=1S/C11H12BrFO3/c1-16-8-5-7(3-2-4-10(14)15)11(13)9(12)6-8/h5-6H,2-4H2,1H3,(H,14,15). The summed E-state index contributed by atoms with van der Waals surface area (Å²) < 4.78 is 18.9. The molecule has 0 saturated heterocycles. The molecule has 0 bridgehead atoms. The summed E-state index contributed by atoms with van der Waals surface area (Å²) in [5.74, 6) is -0.674. The highest BCUT2D eigenvalue weighted by atomic mass is 79.9. The molecule has 1 aromatic carbocycles. The lowest BCUT2D eigenvalue weighted by Crippen LogP contribution is -1.98. The zero-order valence-corrected chi connectivity index (χ0v) is 10.4. The SMILES string of the molecule is COc1cc(Br)c(F)c(CCCC(=O)O)c1. The fourth-order valence-electron chi connectivity index (χ4n) is 1.35. The zero-order chi connectivity index (χ0) is 12.1. The molecule has 0 aromatic heterocycles. The van der Waals surface area contributed by atoms with Gasteiger partial charge < -0.3 is 9.84 Å². The van der Waals surface area contributed by atoms with E-state index in [2.05, 4.69) is 15.9 Å². The molecule has 1 aromatic rings. The summed E-state index contributed by atoms with van der Waals surface area (Å²) >= 11 is 3.09. The van der Waals surface area contributed by atoms with Crippen molar-refractivity contribution in [2.75, 3.05) is 7.11 Å². The first kappa shape index (κ1) is 13.0. The van der Waals surface area contributed by atoms with Crippen LogP contribution in [-0.2, 0) is 11.2 Å². The number of hydrogen-bond donors (Lipinski definition) is 1. The molecule has 1 rings (SSSR count). The molecule has 0 aliphatic carbocycles. The Hall–Kier alpha value is -1.10. The topological polar surface area (TPSA) is 46.5 Å². The van der Waals surface area contributed by atoms with Crippen molar-refractivity contribution in [2.24, 2.45) is 0 Å². The molecule has 1 N–H and O–H groups in total. The van der Waals surface area contributed by atoms with Gasteiger partial charge in [-0.15, -0.1) is 0 Å². The van der Waals surface area contributed by atoms with Gasteiger partial charge in [0.15, 0.2) is 0 Å². The molecule has 0 heterocycles. The van der Waals surface area contributed by atoms with E-state index >= 15 is 0 Å². The maximum atomic E-state index is 13.6. The molecule has 16 heavy (non-hydrogen) atoms. The highest BCUT2D eigenvalue weighted by Crippen LogP contribution is 2.26. The smallest absolute Gasteiger partial charge is 0.303 e. The summed E-state index contributed by atoms with van der Waals surface area (Å²) in [5, 5.41) is 8.49. The number of methoxy groups -OCH3 is 1. The molecule has 0 unspecified atom stereocenters. The van der Waals surface area contributed by atoms with Gasteiger partial charge in [-0.05, 0) is 46.5 Å². The van der Waals surface area contributed by atoms with Crippen LogP contribution >= 0.6 is 15.9 Å². The van der Waals surface area contributed by atoms with Gasteiger partial charge in [0.05, 0.1) is 11.6 Å². The lowest BCUT2D eigenvalue weighted by atomic mass is 10.1. The molecular weight excluding hydrogens is 279 g/mol. The number of aliphatic carboxylic acids is 1. The summed E-state index contributed by atoms with van der Waals surface area (Å²) in [6.07, 6.45) is 0.827. The molecule has 0 spiro atoms. The van der Waals surface area contributed by atoms with Gasteiger partial charge in [0, 0.05) is 6.42 Å². The third-order valence-corrected chi connectivity index (χ3v) is 2.73. The van der Waals surface area contributed by atoms with Crippen LogP contribution in [0.4, 0.5) is 4.39 Å². The van der Waals surface area contributed by atoms with E-state index in [0.29, 0.717) is 28.6 Å². The minimum atomic E-state index is -0.873. The van der Waals surface area contributed by atoms with Crippen molar-refractivity contribution in [2.45, 2.75) is 19.3 Å². The molecule has 0 atom stereocenters. The number of rotatable bonds is 5. The molecule has 5 heteroatoms. The average Bonchev–Trinajstić information content (AvgIpc) is 2.23. The third kappa shape index (κ3) is 3.48. The van der Waals surface area contributed by atoms with E-state index in [1.165, 1.54) is 13.2 Å². The molecule has 0 amide bonds. The van der Waals surface area contributed by atoms with Gasteiger partial charge in [0.1, 0.15) is 11.6 Å². The monoisotopic (exact) mass is 290 g/mol. The summed E-state index contributed by atoms with van der Waals surface area (Å²) in [4.78, 5) is 10.3. The Morgan fingerprint density at radius 2 is 2.25 bits per heavy atom. The van der Waals surface area contributed by atoms with Crippen molar-refractivity contribution in [3.8, 4) is 5.75 Å². The van der Waals surface area contributed by atoms with Crippen LogP contribution in [0.1, 0.15) is 18.4 Å². The fraction of sp³-hybridized carbons (Fsp3) is 0.364. The number of aryl methyl sites for hydroxylation is 1. The van der Waals surface area contributed by atoms with E-state index in [4.69, 9.17) is 9.84 Å². The number of hydrogen-bond acceptors (Lipinski definition) is 2. The first-order valence-corrected chi connectivity index (χ1v) is 5.57. The fourth-order valence-corrected chi connectivity index (χ4v) is 1.83. The van der Waals surface area contributed by atoms with E-state index in [9.17, 15) is 9.18 Å². The van der Waals surface area contributed by atoms with Crippen molar-refractivity contribution < 1.29 is 19.0 Å². The van der Waals surface area contributed by atoms with Crippen molar-refractivity contribution in [3.63, 3.8) is 0 Å². The molecule has 0 radical (unpaired) electrons. The summed E-state index contributed by atoms with van der Waals surface area (Å²) in [6.45, 7) is 0. The molecule has 0 fully saturated rings. The Bertz CT molecular complexity index is 393. The molecule has 0 aliphatic heterocycles. The number of benzene rings is 1. The number of carboxylic acids is 1. The van der Waals surface area contributed by atoms with E-state index in [0.717, 1.165) is 0 Å². The zero-order valence-electron chi connectivity index (χ0n) is 8.80. The minimum absolute atomic E-state index is 0.0360. The van der Waals surface area contributed by atoms with Gasteiger partial charge in [-0.3, -0.25) is 4.79 Å². The van der Waals surface area contributed by atoms with Gasteiger partial charge in [-0.2, -0.15) is 0 Å². The van der Waals surface area contributed by atoms with Crippen LogP contribution in [-0.4, -0.2) is 18.2 Å². The second-order valence-electron chi connectivity index (χ2n) is 3.33. The van der Waals surface area contributed by atoms with Gasteiger partial charge in [-0.25, -0.2) is 4.39 Å². The second kappa shape index (κ2) is 5.84. The molecule has 0 aliphatic rings. The second-order valence-corrected chi connectivity index (χ2v) is 4.18. The lowest BCUT2D eigenvalue weighted by Gasteiger charge is -2.07. The van der Waals surface area contributed by atoms with Gasteiger partial charge in [0.25, 0.3) is 0 Å². The molecule has 3 nitrogen and oxygen atoms in total. The Labute approximate surface area is 101 Å². The van der Waals surface area contributed by atoms with Crippen molar-refractivity contribution >= 4 is 21.9 Å². The predicted molar refractivity (Wildman–Crippen MR) is 61.2 cm³/mol. The van der Waals surface area contributed by atoms with Crippen molar-refractivity contribution in [3.05, 3.63) is 28.0 Å². The Kier molecular flexibility index (Phi) is 4.73. The van der Waals surface area contributed by atoms with Crippen molar-refractivity contribution in [1.82, 2.24) is 0 Å². The molecular formula is C11H12BrFO3. The number of halogens is 2. The minimum Gasteiger partial charge on any atom is -0.497 e. The normalized spacial score (nSPS) is 10.2. The van der Waals surface area contributed by atoms with Crippen LogP contribution in [0.5, 0.6) is 5.75 Å². The largest absolute Gasteiger partial charge is 0.497 e. The van der Waals surface area contributed by atoms with E-state index in [1.54, 1.807) is 6.07 Å². The van der Waals surface area contributed by atoms with E-state index in [-0.39, 0.29) is 12.2 Å². The lowest BCUT2D eigenvalue weighted by molar-refractivity contribution is -0.137. The first-order chi connectivity index (χ1) is 7.54. The van der Waals surface area contributed by atoms with Crippen LogP contribution in [0.2, 0.25) is 0 Å². The summed E-state index contributed by atoms with van der Waals surface area (Å²) in [7, 11) is 1.50. The average molecular weight is 291 g/mol. The maximum Gasteiger partial charge on any atom is 0.303 e. The van der Waals surface area contributed by atoms with Gasteiger partial charge >= 0.3 is 5.97 Å². The highest BCUT2D eigenvalue weighted by Gasteiger charge is 2.10. The molecule has 0 saturated carbocycles. The Balaban J connectivity index is 2.78. The first-order valence-electron chi connectivity index (χ1n) is 4.78. The van der Waals surface area contributed by atoms with Crippen LogP contribution in [0.15, 0.2) is 16.6 Å². The summed E-state index contributed by atoms with van der Waals surface area (Å²) in [6, 6.07) is 3.12. The van der Waals surface area contributed by atoms with E-state index < -0.39 is 5.97 Å². The maximum absolute atomic E-state index is 13.6. The van der Waals surface area contributed by atoms with Crippen molar-refractivity contribution in [1.29, 1.82) is 0 Å². The highest BCUT2D eigenvalue weighted by molar-refractivity contribution is 9.10. The summed E-state index contributed by atoms with van der Waals surface area (Å²) in [5.41, 5.74) is 0.465. The van der Waals surface area contributed by atoms with Gasteiger partial charge in [-0.1, -0.05) is 0 Å². The number of ether oxygens (including phenoxy) is 1. The predicted octanol–water partition coefficient (Wildman–Crippen LogP) is 3.00. The van der Waals surface area contributed by atoms with E-state index in [1.807, 2.05) is 0 Å². The number of carbonyl (C=O) groups is 1. The van der Waals surface area contributed by atoms with Crippen LogP contribution in [0.25, 0.3) is 0 Å². The Morgan fingerprint density at radius 3 is 2.81 bits per heavy atom. The van der Waals surface area contributed by atoms with Gasteiger partial charge in [0.2, 0.25) is 0 Å². The van der Waals surface area contributed by atoms with Crippen LogP contribution in [0, 0.1) is 5.82 Å². The number of carboxylic acid groups (broad SMARTS) is 1. The third-order valence-electron chi connectivity index (χ3n) is 2.15. The van der Waals surface area contributed by atoms with Crippen LogP contribution < -0.4 is 4.74 Å².